The Kier molecular flexibility index (Phi) is 4.00. The Balaban J connectivity index is 2.43. The van der Waals surface area contributed by atoms with Crippen LogP contribution in [0.5, 0.6) is 0 Å². The average molecular weight is 298 g/mol. The topological polar surface area (TPSA) is 38.2 Å². The van der Waals surface area contributed by atoms with Crippen LogP contribution in [0.3, 0.4) is 0 Å². The first kappa shape index (κ1) is 15.5. The van der Waals surface area contributed by atoms with Gasteiger partial charge in [0.1, 0.15) is 16.8 Å². The van der Waals surface area contributed by atoms with E-state index in [2.05, 4.69) is 44.5 Å². The van der Waals surface area contributed by atoms with Gasteiger partial charge in [-0.15, -0.1) is 0 Å². The van der Waals surface area contributed by atoms with Crippen molar-refractivity contribution < 1.29 is 4.74 Å². The summed E-state index contributed by atoms with van der Waals surface area (Å²) in [6.07, 6.45) is 0. The fraction of sp³-hybridized carbons (Fsp3) is 0.733. The van der Waals surface area contributed by atoms with E-state index < -0.39 is 0 Å². The number of morpholine rings is 1. The lowest BCUT2D eigenvalue weighted by atomic mass is 9.95. The molecule has 1 aromatic heterocycles. The first-order valence-electron chi connectivity index (χ1n) is 7.04. The van der Waals surface area contributed by atoms with Crippen LogP contribution in [0.15, 0.2) is 0 Å². The van der Waals surface area contributed by atoms with Crippen LogP contribution in [-0.2, 0) is 10.2 Å². The van der Waals surface area contributed by atoms with Crippen molar-refractivity contribution in [3.63, 3.8) is 0 Å². The Bertz CT molecular complexity index is 509. The predicted octanol–water partition coefficient (Wildman–Crippen LogP) is 3.35. The van der Waals surface area contributed by atoms with Gasteiger partial charge in [-0.05, 0) is 20.8 Å². The third-order valence-electron chi connectivity index (χ3n) is 3.46. The molecule has 2 heterocycles. The number of hydrogen-bond donors (Lipinski definition) is 0. The molecular weight excluding hydrogens is 274 g/mol. The lowest BCUT2D eigenvalue weighted by Crippen LogP contribution is -2.49. The summed E-state index contributed by atoms with van der Waals surface area (Å²) in [5.41, 5.74) is 0.662. The highest BCUT2D eigenvalue weighted by Gasteiger charge is 2.30. The second kappa shape index (κ2) is 5.15. The van der Waals surface area contributed by atoms with E-state index in [1.54, 1.807) is 0 Å². The summed E-state index contributed by atoms with van der Waals surface area (Å²) >= 11 is 6.31. The third-order valence-corrected chi connectivity index (χ3v) is 3.82. The molecule has 0 aromatic carbocycles. The maximum atomic E-state index is 6.31. The van der Waals surface area contributed by atoms with E-state index in [9.17, 15) is 0 Å². The molecule has 2 rings (SSSR count). The summed E-state index contributed by atoms with van der Waals surface area (Å²) in [4.78, 5) is 11.5. The summed E-state index contributed by atoms with van der Waals surface area (Å²) in [7, 11) is 0. The molecule has 20 heavy (non-hydrogen) atoms. The molecular formula is C15H24ClN3O. The molecule has 0 N–H and O–H groups in total. The minimum atomic E-state index is -0.163. The normalized spacial score (nSPS) is 19.2. The van der Waals surface area contributed by atoms with Crippen LogP contribution in [0.1, 0.15) is 46.0 Å². The molecule has 0 amide bonds. The van der Waals surface area contributed by atoms with Crippen LogP contribution in [0.4, 0.5) is 5.82 Å². The van der Waals surface area contributed by atoms with Crippen LogP contribution >= 0.6 is 11.6 Å². The van der Waals surface area contributed by atoms with E-state index in [4.69, 9.17) is 21.3 Å². The second-order valence-corrected chi connectivity index (χ2v) is 7.42. The maximum absolute atomic E-state index is 6.31. The lowest BCUT2D eigenvalue weighted by Gasteiger charge is -2.39. The molecule has 0 bridgehead atoms. The number of halogens is 1. The zero-order chi connectivity index (χ0) is 15.1. The van der Waals surface area contributed by atoms with Crippen LogP contribution in [0, 0.1) is 6.92 Å². The highest BCUT2D eigenvalue weighted by molar-refractivity contribution is 6.30. The smallest absolute Gasteiger partial charge is 0.137 e. The van der Waals surface area contributed by atoms with Crippen LogP contribution in [0.25, 0.3) is 0 Å². The van der Waals surface area contributed by atoms with Gasteiger partial charge in [0.25, 0.3) is 0 Å². The van der Waals surface area contributed by atoms with Gasteiger partial charge in [0.05, 0.1) is 12.2 Å². The first-order chi connectivity index (χ1) is 9.10. The number of anilines is 1. The van der Waals surface area contributed by atoms with Gasteiger partial charge in [-0.2, -0.15) is 0 Å². The molecule has 0 spiro atoms. The molecule has 1 aromatic rings. The number of hydrogen-bond acceptors (Lipinski definition) is 4. The van der Waals surface area contributed by atoms with Crippen molar-refractivity contribution in [3.8, 4) is 0 Å². The minimum Gasteiger partial charge on any atom is -0.372 e. The first-order valence-corrected chi connectivity index (χ1v) is 7.41. The molecule has 0 saturated carbocycles. The summed E-state index contributed by atoms with van der Waals surface area (Å²) in [5.74, 6) is 1.72. The standard InChI is InChI=1S/C15H24ClN3O/c1-10-11(16)17-13(14(2,3)4)18-12(10)19-7-8-20-15(5,6)9-19/h7-9H2,1-6H3. The van der Waals surface area contributed by atoms with Gasteiger partial charge in [-0.25, -0.2) is 9.97 Å². The number of aromatic nitrogens is 2. The van der Waals surface area contributed by atoms with Gasteiger partial charge >= 0.3 is 0 Å². The van der Waals surface area contributed by atoms with Crippen LogP contribution in [-0.4, -0.2) is 35.3 Å². The molecule has 0 aliphatic carbocycles. The molecule has 0 unspecified atom stereocenters. The largest absolute Gasteiger partial charge is 0.372 e. The highest BCUT2D eigenvalue weighted by atomic mass is 35.5. The average Bonchev–Trinajstić information content (AvgIpc) is 2.29. The molecule has 4 nitrogen and oxygen atoms in total. The van der Waals surface area contributed by atoms with Crippen molar-refractivity contribution in [1.29, 1.82) is 0 Å². The van der Waals surface area contributed by atoms with Gasteiger partial charge < -0.3 is 9.64 Å². The van der Waals surface area contributed by atoms with E-state index in [0.717, 1.165) is 30.3 Å². The summed E-state index contributed by atoms with van der Waals surface area (Å²) < 4.78 is 5.77. The van der Waals surface area contributed by atoms with E-state index in [0.29, 0.717) is 11.8 Å². The van der Waals surface area contributed by atoms with Crippen molar-refractivity contribution in [3.05, 3.63) is 16.5 Å². The minimum absolute atomic E-state index is 0.117. The van der Waals surface area contributed by atoms with E-state index in [-0.39, 0.29) is 11.0 Å². The van der Waals surface area contributed by atoms with Crippen molar-refractivity contribution in [2.45, 2.75) is 52.6 Å². The van der Waals surface area contributed by atoms with Gasteiger partial charge in [0.2, 0.25) is 0 Å². The Morgan fingerprint density at radius 3 is 2.45 bits per heavy atom. The quantitative estimate of drug-likeness (QED) is 0.745. The predicted molar refractivity (Wildman–Crippen MR) is 82.7 cm³/mol. The molecule has 112 valence electrons. The fourth-order valence-corrected chi connectivity index (χ4v) is 2.48. The number of nitrogens with zero attached hydrogens (tertiary/aromatic N) is 3. The van der Waals surface area contributed by atoms with Crippen molar-refractivity contribution in [2.24, 2.45) is 0 Å². The van der Waals surface area contributed by atoms with Crippen molar-refractivity contribution in [1.82, 2.24) is 9.97 Å². The number of ether oxygens (including phenoxy) is 1. The molecule has 0 atom stereocenters. The van der Waals surface area contributed by atoms with Gasteiger partial charge in [-0.3, -0.25) is 0 Å². The third kappa shape index (κ3) is 3.23. The summed E-state index contributed by atoms with van der Waals surface area (Å²) in [6, 6.07) is 0. The molecule has 5 heteroatoms. The summed E-state index contributed by atoms with van der Waals surface area (Å²) in [5, 5.41) is 0.546. The Morgan fingerprint density at radius 2 is 1.90 bits per heavy atom. The van der Waals surface area contributed by atoms with Gasteiger partial charge in [0, 0.05) is 24.1 Å². The molecule has 1 aliphatic heterocycles. The highest BCUT2D eigenvalue weighted by Crippen LogP contribution is 2.30. The lowest BCUT2D eigenvalue weighted by molar-refractivity contribution is -0.0279. The van der Waals surface area contributed by atoms with Crippen LogP contribution < -0.4 is 4.90 Å². The van der Waals surface area contributed by atoms with Crippen molar-refractivity contribution in [2.75, 3.05) is 24.6 Å². The van der Waals surface area contributed by atoms with Crippen molar-refractivity contribution >= 4 is 17.4 Å². The van der Waals surface area contributed by atoms with Gasteiger partial charge in [-0.1, -0.05) is 32.4 Å². The van der Waals surface area contributed by atoms with E-state index in [1.165, 1.54) is 0 Å². The summed E-state index contributed by atoms with van der Waals surface area (Å²) in [6.45, 7) is 14.8. The maximum Gasteiger partial charge on any atom is 0.137 e. The fourth-order valence-electron chi connectivity index (χ4n) is 2.32. The Morgan fingerprint density at radius 1 is 1.25 bits per heavy atom. The van der Waals surface area contributed by atoms with Gasteiger partial charge in [0.15, 0.2) is 0 Å². The zero-order valence-corrected chi connectivity index (χ0v) is 14.0. The molecule has 1 aliphatic rings. The Labute approximate surface area is 126 Å². The zero-order valence-electron chi connectivity index (χ0n) is 13.2. The molecule has 1 fully saturated rings. The Hall–Kier alpha value is -0.870. The molecule has 0 radical (unpaired) electrons. The molecule has 1 saturated heterocycles. The van der Waals surface area contributed by atoms with E-state index >= 15 is 0 Å². The van der Waals surface area contributed by atoms with Crippen LogP contribution in [0.2, 0.25) is 5.15 Å². The monoisotopic (exact) mass is 297 g/mol. The second-order valence-electron chi connectivity index (χ2n) is 7.07. The number of rotatable bonds is 1. The SMILES string of the molecule is Cc1c(Cl)nc(C(C)(C)C)nc1N1CCOC(C)(C)C1. The van der Waals surface area contributed by atoms with E-state index in [1.807, 2.05) is 6.92 Å².